The van der Waals surface area contributed by atoms with Crippen LogP contribution in [0.5, 0.6) is 0 Å². The summed E-state index contributed by atoms with van der Waals surface area (Å²) in [5, 5.41) is 10.4. The van der Waals surface area contributed by atoms with E-state index < -0.39 is 23.1 Å². The van der Waals surface area contributed by atoms with Gasteiger partial charge in [0.1, 0.15) is 23.1 Å². The highest BCUT2D eigenvalue weighted by Crippen LogP contribution is 2.65. The fraction of sp³-hybridized carbons (Fsp3) is 0.538. The summed E-state index contributed by atoms with van der Waals surface area (Å²) < 4.78 is 40.1. The van der Waals surface area contributed by atoms with E-state index in [-0.39, 0.29) is 17.4 Å². The van der Waals surface area contributed by atoms with Crippen molar-refractivity contribution in [2.75, 3.05) is 0 Å². The maximum absolute atomic E-state index is 13.6. The fourth-order valence-electron chi connectivity index (χ4n) is 3.39. The first-order valence-corrected chi connectivity index (χ1v) is 5.92. The van der Waals surface area contributed by atoms with E-state index in [2.05, 4.69) is 0 Å². The molecular formula is C13H13F3O. The molecule has 2 aliphatic carbocycles. The van der Waals surface area contributed by atoms with E-state index in [1.807, 2.05) is 0 Å². The topological polar surface area (TPSA) is 20.2 Å². The van der Waals surface area contributed by atoms with Gasteiger partial charge in [0.25, 0.3) is 0 Å². The van der Waals surface area contributed by atoms with Crippen molar-refractivity contribution < 1.29 is 18.3 Å². The Morgan fingerprint density at radius 1 is 1.00 bits per heavy atom. The number of hydrogen-bond acceptors (Lipinski definition) is 1. The summed E-state index contributed by atoms with van der Waals surface area (Å²) in [6, 6.07) is 1.28. The number of fused-ring (bicyclic) bond motifs is 1. The van der Waals surface area contributed by atoms with E-state index in [4.69, 9.17) is 0 Å². The van der Waals surface area contributed by atoms with E-state index in [9.17, 15) is 18.3 Å². The maximum atomic E-state index is 13.6. The van der Waals surface area contributed by atoms with Crippen molar-refractivity contribution in [1.29, 1.82) is 0 Å². The Hall–Kier alpha value is -1.03. The smallest absolute Gasteiger partial charge is 0.135 e. The van der Waals surface area contributed by atoms with Gasteiger partial charge < -0.3 is 5.11 Å². The van der Waals surface area contributed by atoms with Crippen LogP contribution in [0.15, 0.2) is 12.1 Å². The van der Waals surface area contributed by atoms with Gasteiger partial charge >= 0.3 is 0 Å². The predicted molar refractivity (Wildman–Crippen MR) is 55.7 cm³/mol. The maximum Gasteiger partial charge on any atom is 0.135 e. The monoisotopic (exact) mass is 242 g/mol. The summed E-state index contributed by atoms with van der Waals surface area (Å²) in [7, 11) is 0. The third-order valence-electron chi connectivity index (χ3n) is 4.19. The SMILES string of the molecule is OC1(c2c(F)cc(F)cc2F)C2CCCCC21. The van der Waals surface area contributed by atoms with Gasteiger partial charge in [-0.25, -0.2) is 13.2 Å². The van der Waals surface area contributed by atoms with Gasteiger partial charge in [0, 0.05) is 12.1 Å². The van der Waals surface area contributed by atoms with Crippen LogP contribution < -0.4 is 0 Å². The van der Waals surface area contributed by atoms with Crippen molar-refractivity contribution >= 4 is 0 Å². The van der Waals surface area contributed by atoms with Crippen molar-refractivity contribution in [1.82, 2.24) is 0 Å². The third-order valence-corrected chi connectivity index (χ3v) is 4.19. The first-order chi connectivity index (χ1) is 8.05. The largest absolute Gasteiger partial charge is 0.384 e. The second kappa shape index (κ2) is 3.48. The van der Waals surface area contributed by atoms with E-state index in [0.717, 1.165) is 25.7 Å². The lowest BCUT2D eigenvalue weighted by molar-refractivity contribution is 0.109. The molecule has 1 aromatic carbocycles. The molecule has 0 saturated heterocycles. The first-order valence-electron chi connectivity index (χ1n) is 5.92. The average Bonchev–Trinajstić information content (AvgIpc) is 2.84. The van der Waals surface area contributed by atoms with Crippen LogP contribution in [0, 0.1) is 29.3 Å². The molecule has 0 spiro atoms. The molecule has 1 nitrogen and oxygen atoms in total. The van der Waals surface area contributed by atoms with Gasteiger partial charge in [-0.1, -0.05) is 12.8 Å². The molecule has 4 heteroatoms. The molecule has 1 aromatic rings. The molecule has 92 valence electrons. The van der Waals surface area contributed by atoms with Crippen LogP contribution >= 0.6 is 0 Å². The number of rotatable bonds is 1. The van der Waals surface area contributed by atoms with Crippen LogP contribution in [-0.4, -0.2) is 5.11 Å². The molecular weight excluding hydrogens is 229 g/mol. The van der Waals surface area contributed by atoms with E-state index in [0.29, 0.717) is 12.1 Å². The predicted octanol–water partition coefficient (Wildman–Crippen LogP) is 3.11. The Labute approximate surface area is 97.3 Å². The van der Waals surface area contributed by atoms with E-state index in [1.54, 1.807) is 0 Å². The summed E-state index contributed by atoms with van der Waals surface area (Å²) in [6.45, 7) is 0. The lowest BCUT2D eigenvalue weighted by atomic mass is 10.0. The first kappa shape index (κ1) is 11.1. The highest BCUT2D eigenvalue weighted by Gasteiger charge is 2.66. The molecule has 2 saturated carbocycles. The van der Waals surface area contributed by atoms with Crippen LogP contribution in [0.1, 0.15) is 31.2 Å². The molecule has 2 fully saturated rings. The minimum Gasteiger partial charge on any atom is -0.384 e. The van der Waals surface area contributed by atoms with Crippen molar-refractivity contribution in [3.63, 3.8) is 0 Å². The van der Waals surface area contributed by atoms with Crippen LogP contribution in [0.3, 0.4) is 0 Å². The second-order valence-corrected chi connectivity index (χ2v) is 5.07. The summed E-state index contributed by atoms with van der Waals surface area (Å²) in [4.78, 5) is 0. The van der Waals surface area contributed by atoms with E-state index >= 15 is 0 Å². The molecule has 0 radical (unpaired) electrons. The third kappa shape index (κ3) is 1.43. The average molecular weight is 242 g/mol. The molecule has 17 heavy (non-hydrogen) atoms. The quantitative estimate of drug-likeness (QED) is 0.802. The van der Waals surface area contributed by atoms with Crippen molar-refractivity contribution in [3.05, 3.63) is 35.1 Å². The fourth-order valence-corrected chi connectivity index (χ4v) is 3.39. The van der Waals surface area contributed by atoms with Gasteiger partial charge in [0.2, 0.25) is 0 Å². The van der Waals surface area contributed by atoms with Gasteiger partial charge in [-0.15, -0.1) is 0 Å². The van der Waals surface area contributed by atoms with Gasteiger partial charge in [-0.2, -0.15) is 0 Å². The van der Waals surface area contributed by atoms with Crippen molar-refractivity contribution in [2.24, 2.45) is 11.8 Å². The Kier molecular flexibility index (Phi) is 2.27. The van der Waals surface area contributed by atoms with Crippen LogP contribution in [0.2, 0.25) is 0 Å². The lowest BCUT2D eigenvalue weighted by Gasteiger charge is -2.13. The highest BCUT2D eigenvalue weighted by atomic mass is 19.1. The minimum atomic E-state index is -1.40. The van der Waals surface area contributed by atoms with Crippen LogP contribution in [0.25, 0.3) is 0 Å². The molecule has 3 rings (SSSR count). The number of aliphatic hydroxyl groups is 1. The van der Waals surface area contributed by atoms with Gasteiger partial charge in [0.05, 0.1) is 5.56 Å². The summed E-state index contributed by atoms with van der Waals surface area (Å²) in [5.41, 5.74) is -1.74. The highest BCUT2D eigenvalue weighted by molar-refractivity contribution is 5.35. The Bertz CT molecular complexity index is 437. The number of benzene rings is 1. The van der Waals surface area contributed by atoms with Gasteiger partial charge in [-0.3, -0.25) is 0 Å². The lowest BCUT2D eigenvalue weighted by Crippen LogP contribution is -2.15. The summed E-state index contributed by atoms with van der Waals surface area (Å²) in [5.74, 6) is -3.02. The molecule has 0 aliphatic heterocycles. The zero-order valence-corrected chi connectivity index (χ0v) is 9.22. The van der Waals surface area contributed by atoms with Gasteiger partial charge in [-0.05, 0) is 24.7 Å². The minimum absolute atomic E-state index is 0.0642. The van der Waals surface area contributed by atoms with Crippen LogP contribution in [0.4, 0.5) is 13.2 Å². The zero-order chi connectivity index (χ0) is 12.2. The van der Waals surface area contributed by atoms with E-state index in [1.165, 1.54) is 0 Å². The molecule has 0 bridgehead atoms. The molecule has 1 N–H and O–H groups in total. The summed E-state index contributed by atoms with van der Waals surface area (Å²) >= 11 is 0. The normalized spacial score (nSPS) is 35.5. The molecule has 0 aromatic heterocycles. The Balaban J connectivity index is 2.05. The van der Waals surface area contributed by atoms with Gasteiger partial charge in [0.15, 0.2) is 0 Å². The number of halogens is 3. The molecule has 2 atom stereocenters. The number of hydrogen-bond donors (Lipinski definition) is 1. The Morgan fingerprint density at radius 3 is 1.94 bits per heavy atom. The zero-order valence-electron chi connectivity index (χ0n) is 9.22. The second-order valence-electron chi connectivity index (χ2n) is 5.07. The van der Waals surface area contributed by atoms with Crippen molar-refractivity contribution in [3.8, 4) is 0 Å². The standard InChI is InChI=1S/C13H13F3O/c14-7-5-10(15)12(11(16)6-7)13(17)8-3-1-2-4-9(8)13/h5-6,8-9,17H,1-4H2. The van der Waals surface area contributed by atoms with Crippen molar-refractivity contribution in [2.45, 2.75) is 31.3 Å². The molecule has 2 unspecified atom stereocenters. The molecule has 2 aliphatic rings. The summed E-state index contributed by atoms with van der Waals surface area (Å²) in [6.07, 6.45) is 3.54. The Morgan fingerprint density at radius 2 is 1.47 bits per heavy atom. The molecule has 0 amide bonds. The molecule has 0 heterocycles. The van der Waals surface area contributed by atoms with Crippen LogP contribution in [-0.2, 0) is 5.60 Å².